The van der Waals surface area contributed by atoms with Crippen molar-refractivity contribution >= 4 is 39.0 Å². The highest BCUT2D eigenvalue weighted by Crippen LogP contribution is 2.29. The van der Waals surface area contributed by atoms with E-state index in [-0.39, 0.29) is 0 Å². The van der Waals surface area contributed by atoms with Crippen LogP contribution >= 0.6 is 39.0 Å². The molecule has 13 heavy (non-hydrogen) atoms. The highest BCUT2D eigenvalue weighted by Gasteiger charge is 2.03. The average Bonchev–Trinajstić information content (AvgIpc) is 2.53. The largest absolute Gasteiger partial charge is 0.245 e. The summed E-state index contributed by atoms with van der Waals surface area (Å²) in [5.74, 6) is 0. The molecule has 0 aliphatic rings. The summed E-state index contributed by atoms with van der Waals surface area (Å²) >= 11 is 6.20. The zero-order valence-electron chi connectivity index (χ0n) is 6.22. The Kier molecular flexibility index (Phi) is 2.87. The van der Waals surface area contributed by atoms with Gasteiger partial charge in [0.2, 0.25) is 0 Å². The van der Waals surface area contributed by atoms with E-state index in [1.165, 1.54) is 29.4 Å². The average molecular weight is 275 g/mol. The van der Waals surface area contributed by atoms with Gasteiger partial charge in [-0.2, -0.15) is 0 Å². The normalized spacial score (nSPS) is 10.2. The fourth-order valence-electron chi connectivity index (χ4n) is 0.663. The highest BCUT2D eigenvalue weighted by molar-refractivity contribution is 9.11. The van der Waals surface area contributed by atoms with Crippen LogP contribution in [0.4, 0.5) is 0 Å². The van der Waals surface area contributed by atoms with Crippen molar-refractivity contribution in [3.63, 3.8) is 0 Å². The van der Waals surface area contributed by atoms with E-state index in [4.69, 9.17) is 0 Å². The first-order valence-corrected chi connectivity index (χ1v) is 5.70. The van der Waals surface area contributed by atoms with Gasteiger partial charge in [-0.3, -0.25) is 0 Å². The van der Waals surface area contributed by atoms with Gasteiger partial charge < -0.3 is 0 Å². The number of aromatic nitrogens is 4. The van der Waals surface area contributed by atoms with E-state index < -0.39 is 0 Å². The van der Waals surface area contributed by atoms with Gasteiger partial charge in [0.05, 0.1) is 0 Å². The molecule has 0 bridgehead atoms. The fraction of sp³-hybridized carbons (Fsp3) is 0. The van der Waals surface area contributed by atoms with Crippen LogP contribution in [0, 0.1) is 0 Å². The second kappa shape index (κ2) is 4.12. The summed E-state index contributed by atoms with van der Waals surface area (Å²) in [6.45, 7) is 0. The lowest BCUT2D eigenvalue weighted by atomic mass is 10.7. The molecule has 0 spiro atoms. The molecule has 0 N–H and O–H groups in total. The predicted octanol–water partition coefficient (Wildman–Crippen LogP) is 2.24. The van der Waals surface area contributed by atoms with E-state index in [9.17, 15) is 0 Å². The predicted molar refractivity (Wildman–Crippen MR) is 53.8 cm³/mol. The van der Waals surface area contributed by atoms with Crippen molar-refractivity contribution in [1.82, 2.24) is 20.2 Å². The lowest BCUT2D eigenvalue weighted by Crippen LogP contribution is -1.79. The van der Waals surface area contributed by atoms with Crippen LogP contribution in [0.15, 0.2) is 31.9 Å². The van der Waals surface area contributed by atoms with Crippen molar-refractivity contribution in [2.75, 3.05) is 0 Å². The summed E-state index contributed by atoms with van der Waals surface area (Å²) < 4.78 is 1.65. The minimum absolute atomic E-state index is 0.782. The molecule has 0 unspecified atom stereocenters. The molecule has 0 saturated carbocycles. The van der Waals surface area contributed by atoms with Crippen LogP contribution in [0.2, 0.25) is 0 Å². The van der Waals surface area contributed by atoms with Crippen LogP contribution in [-0.2, 0) is 0 Å². The van der Waals surface area contributed by atoms with Gasteiger partial charge in [-0.25, -0.2) is 9.97 Å². The molecule has 2 aromatic rings. The van der Waals surface area contributed by atoms with Crippen molar-refractivity contribution < 1.29 is 0 Å². The maximum Gasteiger partial charge on any atom is 0.184 e. The third-order valence-electron chi connectivity index (χ3n) is 1.13. The second-order valence-electron chi connectivity index (χ2n) is 1.97. The minimum atomic E-state index is 0.782. The molecular weight excluding hydrogens is 272 g/mol. The highest BCUT2D eigenvalue weighted by atomic mass is 79.9. The zero-order valence-corrected chi connectivity index (χ0v) is 9.43. The smallest absolute Gasteiger partial charge is 0.184 e. The summed E-state index contributed by atoms with van der Waals surface area (Å²) in [6, 6.07) is 1.83. The molecule has 0 aliphatic carbocycles. The first-order chi connectivity index (χ1) is 6.34. The molecule has 0 atom stereocenters. The van der Waals surface area contributed by atoms with Crippen molar-refractivity contribution in [2.24, 2.45) is 0 Å². The SMILES string of the molecule is Brc1nnc(Sc2ccncn2)s1. The molecule has 0 fully saturated rings. The van der Waals surface area contributed by atoms with E-state index in [0.29, 0.717) is 0 Å². The van der Waals surface area contributed by atoms with E-state index in [0.717, 1.165) is 13.3 Å². The quantitative estimate of drug-likeness (QED) is 0.787. The Bertz CT molecular complexity index is 391. The molecular formula is C6H3BrN4S2. The number of halogens is 1. The van der Waals surface area contributed by atoms with Crippen LogP contribution in [-0.4, -0.2) is 20.2 Å². The third kappa shape index (κ3) is 2.45. The summed E-state index contributed by atoms with van der Waals surface area (Å²) in [5.41, 5.74) is 0. The molecule has 0 saturated heterocycles. The summed E-state index contributed by atoms with van der Waals surface area (Å²) in [4.78, 5) is 7.88. The van der Waals surface area contributed by atoms with Gasteiger partial charge in [-0.15, -0.1) is 10.2 Å². The molecule has 0 amide bonds. The van der Waals surface area contributed by atoms with Crippen LogP contribution in [0.3, 0.4) is 0 Å². The molecule has 7 heteroatoms. The van der Waals surface area contributed by atoms with Crippen LogP contribution < -0.4 is 0 Å². The molecule has 2 heterocycles. The van der Waals surface area contributed by atoms with E-state index in [1.807, 2.05) is 6.07 Å². The first kappa shape index (κ1) is 9.04. The van der Waals surface area contributed by atoms with Gasteiger partial charge in [-0.05, 0) is 33.8 Å². The molecule has 0 aromatic carbocycles. The van der Waals surface area contributed by atoms with Crippen LogP contribution in [0.1, 0.15) is 0 Å². The van der Waals surface area contributed by atoms with Crippen LogP contribution in [0.25, 0.3) is 0 Å². The summed E-state index contributed by atoms with van der Waals surface area (Å²) in [7, 11) is 0. The Morgan fingerprint density at radius 3 is 2.92 bits per heavy atom. The number of hydrogen-bond acceptors (Lipinski definition) is 6. The maximum atomic E-state index is 4.06. The Labute approximate surface area is 91.0 Å². The summed E-state index contributed by atoms with van der Waals surface area (Å²) in [5, 5.41) is 8.64. The molecule has 2 rings (SSSR count). The van der Waals surface area contributed by atoms with Crippen molar-refractivity contribution in [1.29, 1.82) is 0 Å². The second-order valence-corrected chi connectivity index (χ2v) is 5.49. The Hall–Kier alpha value is -0.530. The number of hydrogen-bond donors (Lipinski definition) is 0. The minimum Gasteiger partial charge on any atom is -0.245 e. The van der Waals surface area contributed by atoms with Gasteiger partial charge >= 0.3 is 0 Å². The van der Waals surface area contributed by atoms with Gasteiger partial charge in [0.25, 0.3) is 0 Å². The molecule has 2 aromatic heterocycles. The molecule has 0 aliphatic heterocycles. The van der Waals surface area contributed by atoms with E-state index >= 15 is 0 Å². The number of nitrogens with zero attached hydrogens (tertiary/aromatic N) is 4. The van der Waals surface area contributed by atoms with Crippen molar-refractivity contribution in [2.45, 2.75) is 9.37 Å². The van der Waals surface area contributed by atoms with E-state index in [2.05, 4.69) is 36.1 Å². The van der Waals surface area contributed by atoms with Gasteiger partial charge in [0.15, 0.2) is 8.26 Å². The van der Waals surface area contributed by atoms with Crippen molar-refractivity contribution in [3.8, 4) is 0 Å². The lowest BCUT2D eigenvalue weighted by molar-refractivity contribution is 0.988. The monoisotopic (exact) mass is 274 g/mol. The maximum absolute atomic E-state index is 4.06. The Morgan fingerprint density at radius 2 is 2.31 bits per heavy atom. The van der Waals surface area contributed by atoms with Gasteiger partial charge in [0.1, 0.15) is 11.4 Å². The standard InChI is InChI=1S/C6H3BrN4S2/c7-5-10-11-6(13-5)12-4-1-2-8-3-9-4/h1-3H. The summed E-state index contributed by atoms with van der Waals surface area (Å²) in [6.07, 6.45) is 3.21. The van der Waals surface area contributed by atoms with Gasteiger partial charge in [0, 0.05) is 6.20 Å². The first-order valence-electron chi connectivity index (χ1n) is 3.27. The molecule has 0 radical (unpaired) electrons. The topological polar surface area (TPSA) is 51.6 Å². The third-order valence-corrected chi connectivity index (χ3v) is 3.49. The lowest BCUT2D eigenvalue weighted by Gasteiger charge is -1.91. The molecule has 66 valence electrons. The molecule has 4 nitrogen and oxygen atoms in total. The fourth-order valence-corrected chi connectivity index (χ4v) is 2.98. The Balaban J connectivity index is 2.15. The van der Waals surface area contributed by atoms with E-state index in [1.54, 1.807) is 6.20 Å². The zero-order chi connectivity index (χ0) is 9.10. The van der Waals surface area contributed by atoms with Crippen LogP contribution in [0.5, 0.6) is 0 Å². The van der Waals surface area contributed by atoms with Gasteiger partial charge in [-0.1, -0.05) is 11.3 Å². The number of rotatable bonds is 2. The van der Waals surface area contributed by atoms with Crippen molar-refractivity contribution in [3.05, 3.63) is 22.5 Å². The Morgan fingerprint density at radius 1 is 1.38 bits per heavy atom.